The predicted octanol–water partition coefficient (Wildman–Crippen LogP) is 1.15. The fourth-order valence-electron chi connectivity index (χ4n) is 1.85. The molecule has 0 saturated carbocycles. The maximum absolute atomic E-state index is 12.2. The molecule has 1 atom stereocenters. The third kappa shape index (κ3) is 3.71. The number of aldehydes is 1. The summed E-state index contributed by atoms with van der Waals surface area (Å²) in [5, 5.41) is 0. The Kier molecular flexibility index (Phi) is 4.95. The Morgan fingerprint density at radius 1 is 1.41 bits per heavy atom. The monoisotopic (exact) mass is 305 g/mol. The first kappa shape index (κ1) is 16.6. The van der Waals surface area contributed by atoms with Crippen molar-refractivity contribution in [2.75, 3.05) is 6.61 Å². The number of rotatable bonds is 5. The number of benzene rings is 1. The second-order valence-electron chi connectivity index (χ2n) is 5.50. The smallest absolute Gasteiger partial charge is 0.334 e. The van der Waals surface area contributed by atoms with Gasteiger partial charge < -0.3 is 24.7 Å². The molecule has 1 fully saturated rings. The Morgan fingerprint density at radius 2 is 2.09 bits per heavy atom. The van der Waals surface area contributed by atoms with Gasteiger partial charge in [-0.15, -0.1) is 0 Å². The molecule has 6 nitrogen and oxygen atoms in total. The summed E-state index contributed by atoms with van der Waals surface area (Å²) in [6, 6.07) is 9.12. The van der Waals surface area contributed by atoms with E-state index in [0.717, 1.165) is 5.56 Å². The lowest BCUT2D eigenvalue weighted by Gasteiger charge is -2.38. The van der Waals surface area contributed by atoms with E-state index in [-0.39, 0.29) is 19.1 Å². The van der Waals surface area contributed by atoms with Crippen LogP contribution in [0.2, 0.25) is 0 Å². The van der Waals surface area contributed by atoms with Gasteiger partial charge in [0.2, 0.25) is 0 Å². The first-order valence-corrected chi connectivity index (χ1v) is 6.85. The second kappa shape index (κ2) is 6.56. The van der Waals surface area contributed by atoms with Crippen molar-refractivity contribution in [2.24, 2.45) is 5.73 Å². The van der Waals surface area contributed by atoms with Gasteiger partial charge in [0.1, 0.15) is 6.61 Å². The van der Waals surface area contributed by atoms with Crippen LogP contribution in [0.4, 0.5) is 0 Å². The van der Waals surface area contributed by atoms with Gasteiger partial charge in [-0.25, -0.2) is 4.79 Å². The third-order valence-electron chi connectivity index (χ3n) is 3.33. The number of carbonyl (C=O) groups excluding carboxylic acids is 2. The van der Waals surface area contributed by atoms with Crippen molar-refractivity contribution in [1.29, 1.82) is 0 Å². The molecule has 0 bridgehead atoms. The van der Waals surface area contributed by atoms with E-state index >= 15 is 0 Å². The van der Waals surface area contributed by atoms with Crippen LogP contribution >= 0.6 is 0 Å². The molecule has 1 aliphatic rings. The highest BCUT2D eigenvalue weighted by molar-refractivity contribution is 6.01. The molecule has 1 aromatic rings. The summed E-state index contributed by atoms with van der Waals surface area (Å²) >= 11 is 0. The highest BCUT2D eigenvalue weighted by atomic mass is 16.7. The van der Waals surface area contributed by atoms with Crippen LogP contribution in [0, 0.1) is 12.5 Å². The van der Waals surface area contributed by atoms with E-state index in [9.17, 15) is 9.59 Å². The number of carbonyl (C=O) groups is 2. The van der Waals surface area contributed by atoms with Gasteiger partial charge in [0, 0.05) is 0 Å². The molecule has 2 N–H and O–H groups in total. The minimum Gasteiger partial charge on any atom is -0.459 e. The number of nitrogens with two attached hydrogens (primary N) is 1. The van der Waals surface area contributed by atoms with E-state index in [1.54, 1.807) is 26.0 Å². The zero-order valence-corrected chi connectivity index (χ0v) is 12.6. The fraction of sp³-hybridized carbons (Fsp3) is 0.375. The summed E-state index contributed by atoms with van der Waals surface area (Å²) < 4.78 is 15.9. The highest BCUT2D eigenvalue weighted by Gasteiger charge is 2.48. The fourth-order valence-corrected chi connectivity index (χ4v) is 1.85. The quantitative estimate of drug-likeness (QED) is 0.499. The van der Waals surface area contributed by atoms with Crippen LogP contribution in [0.15, 0.2) is 30.3 Å². The SMILES string of the molecule is CC1(C)O[CH][C](C(N)(C=O)C(=O)OCc2ccccc2)CO1. The Labute approximate surface area is 129 Å². The third-order valence-corrected chi connectivity index (χ3v) is 3.33. The van der Waals surface area contributed by atoms with Crippen molar-refractivity contribution in [3.8, 4) is 0 Å². The molecule has 0 spiro atoms. The van der Waals surface area contributed by atoms with E-state index < -0.39 is 17.3 Å². The first-order chi connectivity index (χ1) is 10.4. The van der Waals surface area contributed by atoms with Crippen molar-refractivity contribution in [2.45, 2.75) is 31.8 Å². The number of hydrogen-bond donors (Lipinski definition) is 1. The molecule has 1 saturated heterocycles. The molecular weight excluding hydrogens is 286 g/mol. The van der Waals surface area contributed by atoms with Gasteiger partial charge in [-0.05, 0) is 19.4 Å². The van der Waals surface area contributed by atoms with Crippen LogP contribution in [0.1, 0.15) is 19.4 Å². The summed E-state index contributed by atoms with van der Waals surface area (Å²) in [6.45, 7) is 4.78. The molecule has 0 aromatic heterocycles. The Balaban J connectivity index is 1.99. The molecule has 1 aliphatic heterocycles. The maximum atomic E-state index is 12.2. The highest BCUT2D eigenvalue weighted by Crippen LogP contribution is 2.31. The Morgan fingerprint density at radius 3 is 2.64 bits per heavy atom. The summed E-state index contributed by atoms with van der Waals surface area (Å²) in [6.07, 6.45) is 0.344. The molecule has 0 aliphatic carbocycles. The second-order valence-corrected chi connectivity index (χ2v) is 5.50. The van der Waals surface area contributed by atoms with Gasteiger partial charge >= 0.3 is 5.97 Å². The average Bonchev–Trinajstić information content (AvgIpc) is 2.52. The zero-order valence-electron chi connectivity index (χ0n) is 12.6. The molecule has 1 heterocycles. The van der Waals surface area contributed by atoms with Crippen LogP contribution in [0.5, 0.6) is 0 Å². The first-order valence-electron chi connectivity index (χ1n) is 6.85. The zero-order chi connectivity index (χ0) is 16.2. The van der Waals surface area contributed by atoms with Crippen LogP contribution in [0.25, 0.3) is 0 Å². The van der Waals surface area contributed by atoms with Crippen LogP contribution in [0.3, 0.4) is 0 Å². The molecule has 2 rings (SSSR count). The van der Waals surface area contributed by atoms with Gasteiger partial charge in [0.15, 0.2) is 17.6 Å². The molecule has 118 valence electrons. The predicted molar refractivity (Wildman–Crippen MR) is 77.9 cm³/mol. The van der Waals surface area contributed by atoms with Gasteiger partial charge in [-0.1, -0.05) is 30.3 Å². The van der Waals surface area contributed by atoms with E-state index in [4.69, 9.17) is 19.9 Å². The van der Waals surface area contributed by atoms with Gasteiger partial charge in [0.25, 0.3) is 0 Å². The standard InChI is InChI=1S/C16H19NO5/c1-15(2)21-9-13(10-22-15)16(17,11-18)14(19)20-8-12-6-4-3-5-7-12/h3-7,9,11H,8,10,17H2,1-2H3. The molecule has 2 radical (unpaired) electrons. The minimum absolute atomic E-state index is 0.0165. The molecule has 1 unspecified atom stereocenters. The topological polar surface area (TPSA) is 87.9 Å². The summed E-state index contributed by atoms with van der Waals surface area (Å²) in [7, 11) is 0. The lowest BCUT2D eigenvalue weighted by molar-refractivity contribution is -0.218. The van der Waals surface area contributed by atoms with E-state index in [1.165, 1.54) is 6.61 Å². The van der Waals surface area contributed by atoms with Gasteiger partial charge in [-0.2, -0.15) is 0 Å². The Bertz CT molecular complexity index is 521. The lowest BCUT2D eigenvalue weighted by Crippen LogP contribution is -2.59. The van der Waals surface area contributed by atoms with Gasteiger partial charge in [-0.3, -0.25) is 0 Å². The normalized spacial score (nSPS) is 20.9. The lowest BCUT2D eigenvalue weighted by atomic mass is 9.86. The molecule has 1 aromatic carbocycles. The summed E-state index contributed by atoms with van der Waals surface area (Å²) in [4.78, 5) is 23.6. The van der Waals surface area contributed by atoms with Crippen LogP contribution in [-0.4, -0.2) is 30.2 Å². The number of ether oxygens (including phenoxy) is 3. The minimum atomic E-state index is -1.91. The average molecular weight is 305 g/mol. The van der Waals surface area contributed by atoms with Crippen molar-refractivity contribution >= 4 is 12.3 Å². The summed E-state index contributed by atoms with van der Waals surface area (Å²) in [5.74, 6) is -1.44. The molecular formula is C16H19NO5. The Hall–Kier alpha value is -1.76. The molecule has 22 heavy (non-hydrogen) atoms. The van der Waals surface area contributed by atoms with Crippen molar-refractivity contribution in [1.82, 2.24) is 0 Å². The van der Waals surface area contributed by atoms with Crippen molar-refractivity contribution in [3.05, 3.63) is 48.4 Å². The van der Waals surface area contributed by atoms with E-state index in [1.807, 2.05) is 18.2 Å². The summed E-state index contributed by atoms with van der Waals surface area (Å²) in [5.41, 5.74) is 4.79. The number of hydrogen-bond acceptors (Lipinski definition) is 6. The van der Waals surface area contributed by atoms with Crippen LogP contribution in [-0.2, 0) is 30.4 Å². The van der Waals surface area contributed by atoms with Crippen molar-refractivity contribution in [3.63, 3.8) is 0 Å². The molecule has 0 amide bonds. The molecule has 6 heteroatoms. The van der Waals surface area contributed by atoms with E-state index in [0.29, 0.717) is 6.29 Å². The largest absolute Gasteiger partial charge is 0.459 e. The maximum Gasteiger partial charge on any atom is 0.334 e. The van der Waals surface area contributed by atoms with E-state index in [2.05, 4.69) is 0 Å². The van der Waals surface area contributed by atoms with Crippen LogP contribution < -0.4 is 5.73 Å². The number of esters is 1. The van der Waals surface area contributed by atoms with Gasteiger partial charge in [0.05, 0.1) is 19.1 Å². The van der Waals surface area contributed by atoms with Crippen molar-refractivity contribution < 1.29 is 23.8 Å².